The Morgan fingerprint density at radius 1 is 1.54 bits per heavy atom. The van der Waals surface area contributed by atoms with Crippen molar-refractivity contribution in [2.45, 2.75) is 13.3 Å². The van der Waals surface area contributed by atoms with Gasteiger partial charge in [0.25, 0.3) is 0 Å². The second kappa shape index (κ2) is 3.24. The number of nitrogens with zero attached hydrogens (tertiary/aromatic N) is 1. The van der Waals surface area contributed by atoms with Gasteiger partial charge in [0.15, 0.2) is 0 Å². The molecule has 0 aromatic carbocycles. The lowest BCUT2D eigenvalue weighted by Gasteiger charge is -2.21. The minimum absolute atomic E-state index is 0.0312. The van der Waals surface area contributed by atoms with Gasteiger partial charge in [0, 0.05) is 20.1 Å². The highest BCUT2D eigenvalue weighted by Crippen LogP contribution is 2.29. The normalized spacial score (nSPS) is 27.4. The van der Waals surface area contributed by atoms with Crippen molar-refractivity contribution in [1.29, 1.82) is 0 Å². The Morgan fingerprint density at radius 3 is 2.54 bits per heavy atom. The van der Waals surface area contributed by atoms with E-state index in [1.54, 1.807) is 7.05 Å². The lowest BCUT2D eigenvalue weighted by Crippen LogP contribution is -2.41. The number of nitrogens with one attached hydrogen (secondary N) is 1. The Morgan fingerprint density at radius 2 is 2.15 bits per heavy atom. The minimum atomic E-state index is -0.468. The van der Waals surface area contributed by atoms with E-state index in [-0.39, 0.29) is 5.91 Å². The molecule has 0 aliphatic carbocycles. The van der Waals surface area contributed by atoms with Crippen LogP contribution in [-0.4, -0.2) is 37.0 Å². The maximum Gasteiger partial charge on any atom is 0.314 e. The highest BCUT2D eigenvalue weighted by molar-refractivity contribution is 5.84. The molecule has 1 rings (SSSR count). The number of urea groups is 1. The van der Waals surface area contributed by atoms with E-state index in [0.717, 1.165) is 0 Å². The molecule has 1 saturated heterocycles. The van der Waals surface area contributed by atoms with E-state index in [2.05, 4.69) is 5.32 Å². The summed E-state index contributed by atoms with van der Waals surface area (Å²) in [5, 5.41) is 2.59. The van der Waals surface area contributed by atoms with Gasteiger partial charge in [-0.25, -0.2) is 4.79 Å². The monoisotopic (exact) mass is 185 g/mol. The lowest BCUT2D eigenvalue weighted by atomic mass is 9.89. The van der Waals surface area contributed by atoms with Crippen LogP contribution in [0.3, 0.4) is 0 Å². The van der Waals surface area contributed by atoms with E-state index >= 15 is 0 Å². The number of rotatable bonds is 1. The molecule has 1 aliphatic rings. The van der Waals surface area contributed by atoms with Gasteiger partial charge in [-0.2, -0.15) is 0 Å². The molecule has 1 fully saturated rings. The lowest BCUT2D eigenvalue weighted by molar-refractivity contribution is -0.128. The molecule has 0 aromatic heterocycles. The highest BCUT2D eigenvalue weighted by atomic mass is 16.2. The average molecular weight is 185 g/mol. The molecule has 0 aromatic rings. The Labute approximate surface area is 77.3 Å². The van der Waals surface area contributed by atoms with Gasteiger partial charge >= 0.3 is 6.03 Å². The van der Waals surface area contributed by atoms with Gasteiger partial charge in [0.1, 0.15) is 0 Å². The van der Waals surface area contributed by atoms with Crippen LogP contribution in [0, 0.1) is 5.41 Å². The molecule has 1 unspecified atom stereocenters. The smallest absolute Gasteiger partial charge is 0.314 e. The molecule has 0 saturated carbocycles. The molecule has 3 N–H and O–H groups in total. The maximum absolute atomic E-state index is 11.4. The van der Waals surface area contributed by atoms with Crippen LogP contribution in [0.4, 0.5) is 4.79 Å². The largest absolute Gasteiger partial charge is 0.359 e. The zero-order chi connectivity index (χ0) is 10.1. The summed E-state index contributed by atoms with van der Waals surface area (Å²) in [6.45, 7) is 2.83. The Bertz CT molecular complexity index is 242. The third-order valence-electron chi connectivity index (χ3n) is 2.56. The SMILES string of the molecule is CNC(=O)C1(C)CCN(C(N)=O)C1. The molecule has 3 amide bonds. The molecule has 1 aliphatic heterocycles. The summed E-state index contributed by atoms with van der Waals surface area (Å²) in [6, 6.07) is -0.451. The Balaban J connectivity index is 2.66. The molecular weight excluding hydrogens is 170 g/mol. The number of hydrogen-bond donors (Lipinski definition) is 2. The first-order valence-corrected chi connectivity index (χ1v) is 4.26. The fourth-order valence-corrected chi connectivity index (χ4v) is 1.64. The van der Waals surface area contributed by atoms with Gasteiger partial charge in [-0.05, 0) is 13.3 Å². The van der Waals surface area contributed by atoms with E-state index in [9.17, 15) is 9.59 Å². The van der Waals surface area contributed by atoms with Gasteiger partial charge < -0.3 is 16.0 Å². The first kappa shape index (κ1) is 9.83. The summed E-state index contributed by atoms with van der Waals surface area (Å²) in [4.78, 5) is 23.7. The van der Waals surface area contributed by atoms with Crippen LogP contribution in [0.1, 0.15) is 13.3 Å². The summed E-state index contributed by atoms with van der Waals surface area (Å²) in [5.74, 6) is -0.0312. The van der Waals surface area contributed by atoms with E-state index < -0.39 is 11.4 Å². The van der Waals surface area contributed by atoms with Gasteiger partial charge in [-0.1, -0.05) is 0 Å². The molecule has 0 radical (unpaired) electrons. The minimum Gasteiger partial charge on any atom is -0.359 e. The zero-order valence-electron chi connectivity index (χ0n) is 7.96. The Hall–Kier alpha value is -1.26. The van der Waals surface area contributed by atoms with Gasteiger partial charge in [0.2, 0.25) is 5.91 Å². The number of primary amides is 1. The summed E-state index contributed by atoms with van der Waals surface area (Å²) >= 11 is 0. The molecule has 74 valence electrons. The molecule has 1 atom stereocenters. The predicted octanol–water partition coefficient (Wildman–Crippen LogP) is -0.477. The second-order valence-corrected chi connectivity index (χ2v) is 3.65. The first-order valence-electron chi connectivity index (χ1n) is 4.26. The van der Waals surface area contributed by atoms with Gasteiger partial charge in [-0.3, -0.25) is 4.79 Å². The van der Waals surface area contributed by atoms with Crippen LogP contribution < -0.4 is 11.1 Å². The van der Waals surface area contributed by atoms with Crippen molar-refractivity contribution in [3.63, 3.8) is 0 Å². The summed E-state index contributed by atoms with van der Waals surface area (Å²) in [6.07, 6.45) is 0.676. The molecule has 1 heterocycles. The fourth-order valence-electron chi connectivity index (χ4n) is 1.64. The first-order chi connectivity index (χ1) is 5.99. The van der Waals surface area contributed by atoms with Crippen molar-refractivity contribution in [2.75, 3.05) is 20.1 Å². The van der Waals surface area contributed by atoms with Crippen molar-refractivity contribution < 1.29 is 9.59 Å². The third-order valence-corrected chi connectivity index (χ3v) is 2.56. The quantitative estimate of drug-likeness (QED) is 0.579. The molecule has 0 spiro atoms. The van der Waals surface area contributed by atoms with Crippen LogP contribution in [0.15, 0.2) is 0 Å². The van der Waals surface area contributed by atoms with E-state index in [4.69, 9.17) is 5.73 Å². The van der Waals surface area contributed by atoms with Crippen LogP contribution in [-0.2, 0) is 4.79 Å². The summed E-state index contributed by atoms with van der Waals surface area (Å²) in [7, 11) is 1.60. The van der Waals surface area contributed by atoms with Crippen LogP contribution in [0.25, 0.3) is 0 Å². The fraction of sp³-hybridized carbons (Fsp3) is 0.750. The highest BCUT2D eigenvalue weighted by Gasteiger charge is 2.40. The number of likely N-dealkylation sites (tertiary alicyclic amines) is 1. The Kier molecular flexibility index (Phi) is 2.45. The molecule has 5 heteroatoms. The van der Waals surface area contributed by atoms with Crippen molar-refractivity contribution in [1.82, 2.24) is 10.2 Å². The molecule has 13 heavy (non-hydrogen) atoms. The standard InChI is InChI=1S/C8H15N3O2/c1-8(6(12)10-2)3-4-11(5-8)7(9)13/h3-5H2,1-2H3,(H2,9,13)(H,10,12). The number of carbonyl (C=O) groups excluding carboxylic acids is 2. The molecular formula is C8H15N3O2. The predicted molar refractivity (Wildman–Crippen MR) is 47.9 cm³/mol. The van der Waals surface area contributed by atoms with E-state index in [0.29, 0.717) is 19.5 Å². The van der Waals surface area contributed by atoms with Crippen LogP contribution in [0.5, 0.6) is 0 Å². The summed E-state index contributed by atoms with van der Waals surface area (Å²) < 4.78 is 0. The topological polar surface area (TPSA) is 75.4 Å². The third kappa shape index (κ3) is 1.74. The van der Waals surface area contributed by atoms with Gasteiger partial charge in [-0.15, -0.1) is 0 Å². The molecule has 0 bridgehead atoms. The van der Waals surface area contributed by atoms with Gasteiger partial charge in [0.05, 0.1) is 5.41 Å². The average Bonchev–Trinajstić information content (AvgIpc) is 2.48. The number of amides is 3. The molecule has 5 nitrogen and oxygen atoms in total. The van der Waals surface area contributed by atoms with Crippen molar-refractivity contribution in [3.05, 3.63) is 0 Å². The van der Waals surface area contributed by atoms with Crippen molar-refractivity contribution in [2.24, 2.45) is 11.1 Å². The van der Waals surface area contributed by atoms with Crippen molar-refractivity contribution in [3.8, 4) is 0 Å². The number of carbonyl (C=O) groups is 2. The zero-order valence-corrected chi connectivity index (χ0v) is 7.96. The van der Waals surface area contributed by atoms with E-state index in [1.165, 1.54) is 4.90 Å². The van der Waals surface area contributed by atoms with Crippen molar-refractivity contribution >= 4 is 11.9 Å². The van der Waals surface area contributed by atoms with E-state index in [1.807, 2.05) is 6.92 Å². The summed E-state index contributed by atoms with van der Waals surface area (Å²) in [5.41, 5.74) is 4.65. The number of nitrogens with two attached hydrogens (primary N) is 1. The second-order valence-electron chi connectivity index (χ2n) is 3.65. The van der Waals surface area contributed by atoms with Crippen LogP contribution >= 0.6 is 0 Å². The maximum atomic E-state index is 11.4. The number of hydrogen-bond acceptors (Lipinski definition) is 2. The van der Waals surface area contributed by atoms with Crippen LogP contribution in [0.2, 0.25) is 0 Å².